The fourth-order valence-corrected chi connectivity index (χ4v) is 2.25. The summed E-state index contributed by atoms with van der Waals surface area (Å²) in [5.41, 5.74) is 1.30. The average Bonchev–Trinajstić information content (AvgIpc) is 2.90. The van der Waals surface area contributed by atoms with Gasteiger partial charge in [0.2, 0.25) is 5.91 Å². The normalized spacial score (nSPS) is 18.5. The van der Waals surface area contributed by atoms with E-state index in [1.807, 2.05) is 0 Å². The Hall–Kier alpha value is -2.08. The van der Waals surface area contributed by atoms with Gasteiger partial charge in [0.25, 0.3) is 5.91 Å². The second-order valence-electron chi connectivity index (χ2n) is 5.14. The number of carbonyl (C=O) groups excluding carboxylic acids is 3. The van der Waals surface area contributed by atoms with Crippen LogP contribution in [0, 0.1) is 6.92 Å². The molecule has 0 saturated carbocycles. The number of amides is 2. The van der Waals surface area contributed by atoms with E-state index in [0.717, 1.165) is 5.56 Å². The molecule has 22 heavy (non-hydrogen) atoms. The molecule has 1 aromatic carbocycles. The van der Waals surface area contributed by atoms with Crippen molar-refractivity contribution in [3.8, 4) is 0 Å². The lowest BCUT2D eigenvalue weighted by Crippen LogP contribution is -2.39. The van der Waals surface area contributed by atoms with E-state index >= 15 is 0 Å². The van der Waals surface area contributed by atoms with E-state index in [-0.39, 0.29) is 5.91 Å². The van der Waals surface area contributed by atoms with Crippen LogP contribution >= 0.6 is 11.6 Å². The Morgan fingerprint density at radius 1 is 1.45 bits per heavy atom. The molecule has 2 N–H and O–H groups in total. The van der Waals surface area contributed by atoms with Crippen molar-refractivity contribution in [2.45, 2.75) is 38.8 Å². The van der Waals surface area contributed by atoms with Crippen LogP contribution in [0.15, 0.2) is 18.2 Å². The van der Waals surface area contributed by atoms with Gasteiger partial charge in [0.15, 0.2) is 6.10 Å². The third-order valence-electron chi connectivity index (χ3n) is 3.47. The molecule has 0 aliphatic carbocycles. The minimum atomic E-state index is -0.969. The predicted octanol–water partition coefficient (Wildman–Crippen LogP) is 1.80. The fourth-order valence-electron chi connectivity index (χ4n) is 2.08. The molecule has 6 nitrogen and oxygen atoms in total. The summed E-state index contributed by atoms with van der Waals surface area (Å²) in [7, 11) is 0. The summed E-state index contributed by atoms with van der Waals surface area (Å²) in [4.78, 5) is 35.0. The minimum Gasteiger partial charge on any atom is -0.451 e. The summed E-state index contributed by atoms with van der Waals surface area (Å²) < 4.78 is 5.09. The SMILES string of the molecule is Cc1c(Cl)cccc1NC(=O)[C@@H](C)OC(=O)[C@H]1CCC(=O)N1. The molecule has 2 amide bonds. The van der Waals surface area contributed by atoms with Gasteiger partial charge in [-0.25, -0.2) is 4.79 Å². The Morgan fingerprint density at radius 2 is 2.18 bits per heavy atom. The topological polar surface area (TPSA) is 84.5 Å². The zero-order chi connectivity index (χ0) is 16.3. The van der Waals surface area contributed by atoms with Crippen LogP contribution < -0.4 is 10.6 Å². The largest absolute Gasteiger partial charge is 0.451 e. The number of anilines is 1. The van der Waals surface area contributed by atoms with Crippen LogP contribution in [0.3, 0.4) is 0 Å². The fraction of sp³-hybridized carbons (Fsp3) is 0.400. The monoisotopic (exact) mass is 324 g/mol. The Balaban J connectivity index is 1.93. The van der Waals surface area contributed by atoms with Gasteiger partial charge in [-0.1, -0.05) is 17.7 Å². The number of rotatable bonds is 4. The maximum absolute atomic E-state index is 12.1. The molecule has 1 aliphatic rings. The van der Waals surface area contributed by atoms with Crippen molar-refractivity contribution in [3.05, 3.63) is 28.8 Å². The van der Waals surface area contributed by atoms with Crippen molar-refractivity contribution >= 4 is 35.1 Å². The van der Waals surface area contributed by atoms with E-state index in [1.165, 1.54) is 6.92 Å². The molecule has 118 valence electrons. The van der Waals surface area contributed by atoms with Crippen LogP contribution in [0.2, 0.25) is 5.02 Å². The van der Waals surface area contributed by atoms with Gasteiger partial charge in [0.05, 0.1) is 0 Å². The number of nitrogens with one attached hydrogen (secondary N) is 2. The molecule has 2 rings (SSSR count). The van der Waals surface area contributed by atoms with Crippen molar-refractivity contribution in [1.82, 2.24) is 5.32 Å². The predicted molar refractivity (Wildman–Crippen MR) is 81.5 cm³/mol. The Labute approximate surface area is 133 Å². The van der Waals surface area contributed by atoms with E-state index in [0.29, 0.717) is 23.6 Å². The van der Waals surface area contributed by atoms with Crippen LogP contribution in [0.1, 0.15) is 25.3 Å². The smallest absolute Gasteiger partial charge is 0.329 e. The molecular weight excluding hydrogens is 308 g/mol. The molecule has 1 aromatic rings. The van der Waals surface area contributed by atoms with E-state index in [1.54, 1.807) is 25.1 Å². The highest BCUT2D eigenvalue weighted by molar-refractivity contribution is 6.31. The molecule has 2 atom stereocenters. The minimum absolute atomic E-state index is 0.186. The Kier molecular flexibility index (Phi) is 5.03. The average molecular weight is 325 g/mol. The van der Waals surface area contributed by atoms with Gasteiger partial charge in [-0.3, -0.25) is 9.59 Å². The van der Waals surface area contributed by atoms with Crippen molar-refractivity contribution < 1.29 is 19.1 Å². The lowest BCUT2D eigenvalue weighted by Gasteiger charge is -2.17. The summed E-state index contributed by atoms with van der Waals surface area (Å²) in [6.07, 6.45) is -0.287. The number of carbonyl (C=O) groups is 3. The third kappa shape index (κ3) is 3.76. The lowest BCUT2D eigenvalue weighted by atomic mass is 10.2. The number of ether oxygens (including phenoxy) is 1. The van der Waals surface area contributed by atoms with Gasteiger partial charge in [0, 0.05) is 17.1 Å². The van der Waals surface area contributed by atoms with E-state index in [9.17, 15) is 14.4 Å². The Morgan fingerprint density at radius 3 is 2.82 bits per heavy atom. The van der Waals surface area contributed by atoms with Crippen LogP contribution in [0.25, 0.3) is 0 Å². The summed E-state index contributed by atoms with van der Waals surface area (Å²) in [6, 6.07) is 4.48. The van der Waals surface area contributed by atoms with Crippen LogP contribution in [-0.4, -0.2) is 29.9 Å². The maximum Gasteiger partial charge on any atom is 0.329 e. The highest BCUT2D eigenvalue weighted by atomic mass is 35.5. The standard InChI is InChI=1S/C15H17ClN2O4/c1-8-10(16)4-3-5-11(8)18-14(20)9(2)22-15(21)12-6-7-13(19)17-12/h3-5,9,12H,6-7H2,1-2H3,(H,17,19)(H,18,20)/t9-,12-/m1/s1. The van der Waals surface area contributed by atoms with Crippen LogP contribution in [0.4, 0.5) is 5.69 Å². The molecule has 1 saturated heterocycles. The highest BCUT2D eigenvalue weighted by Crippen LogP contribution is 2.23. The van der Waals surface area contributed by atoms with Gasteiger partial charge >= 0.3 is 5.97 Å². The number of benzene rings is 1. The molecule has 0 bridgehead atoms. The zero-order valence-electron chi connectivity index (χ0n) is 12.3. The van der Waals surface area contributed by atoms with E-state index in [2.05, 4.69) is 10.6 Å². The van der Waals surface area contributed by atoms with Crippen molar-refractivity contribution in [2.75, 3.05) is 5.32 Å². The van der Waals surface area contributed by atoms with Crippen molar-refractivity contribution in [1.29, 1.82) is 0 Å². The molecule has 0 aromatic heterocycles. The summed E-state index contributed by atoms with van der Waals surface area (Å²) in [6.45, 7) is 3.26. The first-order valence-electron chi connectivity index (χ1n) is 6.94. The molecular formula is C15H17ClN2O4. The molecule has 7 heteroatoms. The Bertz CT molecular complexity index is 618. The third-order valence-corrected chi connectivity index (χ3v) is 3.88. The van der Waals surface area contributed by atoms with E-state index < -0.39 is 24.0 Å². The van der Waals surface area contributed by atoms with Gasteiger partial charge in [-0.15, -0.1) is 0 Å². The summed E-state index contributed by atoms with van der Waals surface area (Å²) >= 11 is 5.98. The summed E-state index contributed by atoms with van der Waals surface area (Å²) in [5.74, 6) is -1.24. The molecule has 0 radical (unpaired) electrons. The maximum atomic E-state index is 12.1. The first kappa shape index (κ1) is 16.3. The van der Waals surface area contributed by atoms with E-state index in [4.69, 9.17) is 16.3 Å². The zero-order valence-corrected chi connectivity index (χ0v) is 13.1. The number of hydrogen-bond acceptors (Lipinski definition) is 4. The molecule has 0 unspecified atom stereocenters. The highest BCUT2D eigenvalue weighted by Gasteiger charge is 2.30. The lowest BCUT2D eigenvalue weighted by molar-refractivity contribution is -0.155. The molecule has 1 heterocycles. The van der Waals surface area contributed by atoms with Gasteiger partial charge in [0.1, 0.15) is 6.04 Å². The number of hydrogen-bond donors (Lipinski definition) is 2. The van der Waals surface area contributed by atoms with Crippen LogP contribution in [0.5, 0.6) is 0 Å². The van der Waals surface area contributed by atoms with Crippen molar-refractivity contribution in [2.24, 2.45) is 0 Å². The van der Waals surface area contributed by atoms with Gasteiger partial charge < -0.3 is 15.4 Å². The first-order chi connectivity index (χ1) is 10.4. The molecule has 0 spiro atoms. The number of esters is 1. The summed E-state index contributed by atoms with van der Waals surface area (Å²) in [5, 5.41) is 5.71. The first-order valence-corrected chi connectivity index (χ1v) is 7.32. The molecule has 1 fully saturated rings. The molecule has 1 aliphatic heterocycles. The second-order valence-corrected chi connectivity index (χ2v) is 5.55. The van der Waals surface area contributed by atoms with Crippen LogP contribution in [-0.2, 0) is 19.1 Å². The second kappa shape index (κ2) is 6.79. The van der Waals surface area contributed by atoms with Gasteiger partial charge in [-0.2, -0.15) is 0 Å². The van der Waals surface area contributed by atoms with Gasteiger partial charge in [-0.05, 0) is 38.0 Å². The van der Waals surface area contributed by atoms with Crippen molar-refractivity contribution in [3.63, 3.8) is 0 Å². The quantitative estimate of drug-likeness (QED) is 0.827. The number of halogens is 1.